The van der Waals surface area contributed by atoms with Crippen molar-refractivity contribution in [2.75, 3.05) is 26.2 Å². The van der Waals surface area contributed by atoms with Gasteiger partial charge in [0.25, 0.3) is 11.8 Å². The zero-order chi connectivity index (χ0) is 21.1. The van der Waals surface area contributed by atoms with E-state index in [-0.39, 0.29) is 11.8 Å². The minimum absolute atomic E-state index is 0.0205. The van der Waals surface area contributed by atoms with Crippen LogP contribution in [0, 0.1) is 13.8 Å². The van der Waals surface area contributed by atoms with Crippen LogP contribution in [0.4, 0.5) is 0 Å². The summed E-state index contributed by atoms with van der Waals surface area (Å²) in [7, 11) is 0. The fourth-order valence-electron chi connectivity index (χ4n) is 3.78. The molecule has 0 saturated carbocycles. The molecule has 0 N–H and O–H groups in total. The number of rotatable bonds is 3. The second-order valence-electron chi connectivity index (χ2n) is 7.55. The molecule has 1 aliphatic heterocycles. The summed E-state index contributed by atoms with van der Waals surface area (Å²) in [5, 5.41) is 4.36. The first-order valence-electron chi connectivity index (χ1n) is 10.2. The third-order valence-electron chi connectivity index (χ3n) is 5.44. The van der Waals surface area contributed by atoms with E-state index in [0.717, 1.165) is 17.7 Å². The molecule has 3 heterocycles. The third-order valence-corrected chi connectivity index (χ3v) is 5.44. The molecule has 0 unspecified atom stereocenters. The van der Waals surface area contributed by atoms with Crippen LogP contribution in [0.2, 0.25) is 0 Å². The predicted octanol–water partition coefficient (Wildman–Crippen LogP) is 2.87. The van der Waals surface area contributed by atoms with Gasteiger partial charge < -0.3 is 9.80 Å². The van der Waals surface area contributed by atoms with Crippen molar-refractivity contribution in [2.45, 2.75) is 20.3 Å². The van der Waals surface area contributed by atoms with E-state index >= 15 is 0 Å². The van der Waals surface area contributed by atoms with Gasteiger partial charge in [0.15, 0.2) is 5.82 Å². The highest BCUT2D eigenvalue weighted by atomic mass is 16.2. The Kier molecular flexibility index (Phi) is 5.61. The van der Waals surface area contributed by atoms with Crippen LogP contribution in [0.25, 0.3) is 5.82 Å². The summed E-state index contributed by atoms with van der Waals surface area (Å²) in [5.41, 5.74) is 3.09. The average molecular weight is 403 g/mol. The lowest BCUT2D eigenvalue weighted by atomic mass is 10.1. The second kappa shape index (κ2) is 8.49. The molecule has 1 aliphatic rings. The number of carbonyl (C=O) groups excluding carboxylic acids is 2. The standard InChI is InChI=1S/C23H25N5O2/c1-17-7-5-8-19(15-17)22(29)26-11-6-12-27(14-13-26)23(30)20-16-25-28(18(20)2)21-9-3-4-10-24-21/h3-5,7-10,15-16H,6,11-14H2,1-2H3. The molecule has 154 valence electrons. The Bertz CT molecular complexity index is 1060. The Hall–Kier alpha value is -3.48. The predicted molar refractivity (Wildman–Crippen MR) is 114 cm³/mol. The smallest absolute Gasteiger partial charge is 0.257 e. The molecule has 1 aromatic carbocycles. The van der Waals surface area contributed by atoms with Crippen molar-refractivity contribution in [3.63, 3.8) is 0 Å². The summed E-state index contributed by atoms with van der Waals surface area (Å²) >= 11 is 0. The SMILES string of the molecule is Cc1cccc(C(=O)N2CCCN(C(=O)c3cnn(-c4ccccn4)c3C)CC2)c1. The van der Waals surface area contributed by atoms with Crippen LogP contribution in [0.1, 0.15) is 38.4 Å². The molecule has 1 fully saturated rings. The minimum atomic E-state index is -0.0560. The van der Waals surface area contributed by atoms with Crippen molar-refractivity contribution >= 4 is 11.8 Å². The van der Waals surface area contributed by atoms with Gasteiger partial charge in [-0.05, 0) is 44.5 Å². The molecule has 2 amide bonds. The van der Waals surface area contributed by atoms with Gasteiger partial charge in [0.05, 0.1) is 17.5 Å². The number of carbonyl (C=O) groups is 2. The number of nitrogens with zero attached hydrogens (tertiary/aromatic N) is 5. The summed E-state index contributed by atoms with van der Waals surface area (Å²) in [6, 6.07) is 13.2. The molecule has 30 heavy (non-hydrogen) atoms. The van der Waals surface area contributed by atoms with Gasteiger partial charge in [0, 0.05) is 37.9 Å². The maximum atomic E-state index is 13.2. The molecule has 0 atom stereocenters. The Morgan fingerprint density at radius 1 is 0.900 bits per heavy atom. The van der Waals surface area contributed by atoms with Crippen molar-refractivity contribution in [3.8, 4) is 5.82 Å². The number of aromatic nitrogens is 3. The number of benzene rings is 1. The number of aryl methyl sites for hydroxylation is 1. The molecule has 2 aromatic heterocycles. The van der Waals surface area contributed by atoms with E-state index in [0.29, 0.717) is 43.1 Å². The Labute approximate surface area is 175 Å². The van der Waals surface area contributed by atoms with Crippen LogP contribution in [-0.4, -0.2) is 62.6 Å². The van der Waals surface area contributed by atoms with Crippen LogP contribution in [0.3, 0.4) is 0 Å². The molecule has 0 aliphatic carbocycles. The Balaban J connectivity index is 1.47. The van der Waals surface area contributed by atoms with Crippen molar-refractivity contribution in [2.24, 2.45) is 0 Å². The summed E-state index contributed by atoms with van der Waals surface area (Å²) in [6.07, 6.45) is 4.05. The van der Waals surface area contributed by atoms with Crippen molar-refractivity contribution in [1.82, 2.24) is 24.6 Å². The van der Waals surface area contributed by atoms with Gasteiger partial charge in [-0.1, -0.05) is 23.8 Å². The molecule has 7 nitrogen and oxygen atoms in total. The van der Waals surface area contributed by atoms with Crippen LogP contribution in [-0.2, 0) is 0 Å². The van der Waals surface area contributed by atoms with Crippen molar-refractivity contribution in [1.29, 1.82) is 0 Å². The zero-order valence-electron chi connectivity index (χ0n) is 17.3. The van der Waals surface area contributed by atoms with Gasteiger partial charge in [-0.25, -0.2) is 9.67 Å². The Morgan fingerprint density at radius 3 is 2.37 bits per heavy atom. The van der Waals surface area contributed by atoms with E-state index < -0.39 is 0 Å². The highest BCUT2D eigenvalue weighted by Crippen LogP contribution is 2.17. The monoisotopic (exact) mass is 403 g/mol. The normalized spacial score (nSPS) is 14.5. The molecule has 0 bridgehead atoms. The summed E-state index contributed by atoms with van der Waals surface area (Å²) < 4.78 is 1.68. The summed E-state index contributed by atoms with van der Waals surface area (Å²) in [4.78, 5) is 34.0. The molecule has 7 heteroatoms. The molecule has 3 aromatic rings. The molecule has 1 saturated heterocycles. The van der Waals surface area contributed by atoms with E-state index in [1.807, 2.05) is 66.1 Å². The number of pyridine rings is 1. The number of amides is 2. The fourth-order valence-corrected chi connectivity index (χ4v) is 3.78. The maximum absolute atomic E-state index is 13.2. The van der Waals surface area contributed by atoms with E-state index in [4.69, 9.17) is 0 Å². The molecular weight excluding hydrogens is 378 g/mol. The molecule has 4 rings (SSSR count). The lowest BCUT2D eigenvalue weighted by molar-refractivity contribution is 0.0718. The highest BCUT2D eigenvalue weighted by molar-refractivity contribution is 5.96. The zero-order valence-corrected chi connectivity index (χ0v) is 17.3. The van der Waals surface area contributed by atoms with E-state index in [1.54, 1.807) is 17.1 Å². The van der Waals surface area contributed by atoms with Crippen molar-refractivity contribution in [3.05, 3.63) is 77.2 Å². The number of hydrogen-bond acceptors (Lipinski definition) is 4. The van der Waals surface area contributed by atoms with Gasteiger partial charge >= 0.3 is 0 Å². The van der Waals surface area contributed by atoms with Crippen LogP contribution < -0.4 is 0 Å². The lowest BCUT2D eigenvalue weighted by Crippen LogP contribution is -2.37. The highest BCUT2D eigenvalue weighted by Gasteiger charge is 2.26. The first-order chi connectivity index (χ1) is 14.5. The van der Waals surface area contributed by atoms with Gasteiger partial charge in [0.1, 0.15) is 0 Å². The number of hydrogen-bond donors (Lipinski definition) is 0. The van der Waals surface area contributed by atoms with Crippen LogP contribution >= 0.6 is 0 Å². The van der Waals surface area contributed by atoms with Crippen molar-refractivity contribution < 1.29 is 9.59 Å². The van der Waals surface area contributed by atoms with E-state index in [2.05, 4.69) is 10.1 Å². The second-order valence-corrected chi connectivity index (χ2v) is 7.55. The minimum Gasteiger partial charge on any atom is -0.337 e. The average Bonchev–Trinajstić information content (AvgIpc) is 2.98. The van der Waals surface area contributed by atoms with Gasteiger partial charge in [-0.15, -0.1) is 0 Å². The lowest BCUT2D eigenvalue weighted by Gasteiger charge is -2.22. The van der Waals surface area contributed by atoms with E-state index in [1.165, 1.54) is 0 Å². The van der Waals surface area contributed by atoms with Gasteiger partial charge in [0.2, 0.25) is 0 Å². The van der Waals surface area contributed by atoms with Crippen LogP contribution in [0.15, 0.2) is 54.9 Å². The third kappa shape index (κ3) is 3.96. The molecular formula is C23H25N5O2. The van der Waals surface area contributed by atoms with Gasteiger partial charge in [-0.2, -0.15) is 5.10 Å². The molecule has 0 spiro atoms. The first-order valence-corrected chi connectivity index (χ1v) is 10.2. The quantitative estimate of drug-likeness (QED) is 0.674. The molecule has 0 radical (unpaired) electrons. The first kappa shape index (κ1) is 19.8. The fraction of sp³-hybridized carbons (Fsp3) is 0.304. The van der Waals surface area contributed by atoms with E-state index in [9.17, 15) is 9.59 Å². The van der Waals surface area contributed by atoms with Crippen LogP contribution in [0.5, 0.6) is 0 Å². The topological polar surface area (TPSA) is 71.3 Å². The summed E-state index contributed by atoms with van der Waals surface area (Å²) in [5.74, 6) is 0.645. The van der Waals surface area contributed by atoms with Gasteiger partial charge in [-0.3, -0.25) is 9.59 Å². The summed E-state index contributed by atoms with van der Waals surface area (Å²) in [6.45, 7) is 6.14. The largest absolute Gasteiger partial charge is 0.337 e. The maximum Gasteiger partial charge on any atom is 0.257 e. The Morgan fingerprint density at radius 2 is 1.67 bits per heavy atom.